The van der Waals surface area contributed by atoms with Crippen molar-refractivity contribution in [2.45, 2.75) is 44.9 Å². The highest BCUT2D eigenvalue weighted by molar-refractivity contribution is 5.76. The van der Waals surface area contributed by atoms with Crippen LogP contribution < -0.4 is 15.8 Å². The van der Waals surface area contributed by atoms with Crippen molar-refractivity contribution in [1.29, 1.82) is 0 Å². The molecule has 2 rings (SSSR count). The summed E-state index contributed by atoms with van der Waals surface area (Å²) < 4.78 is 5.56. The van der Waals surface area contributed by atoms with E-state index < -0.39 is 0 Å². The Kier molecular flexibility index (Phi) is 6.38. The average molecular weight is 290 g/mol. The predicted octanol–water partition coefficient (Wildman–Crippen LogP) is 3.12. The van der Waals surface area contributed by atoms with Crippen LogP contribution in [0.25, 0.3) is 0 Å². The van der Waals surface area contributed by atoms with Crippen molar-refractivity contribution in [2.24, 2.45) is 5.92 Å². The van der Waals surface area contributed by atoms with Crippen LogP contribution in [-0.2, 0) is 4.79 Å². The molecule has 0 aliphatic heterocycles. The molecular weight excluding hydrogens is 264 g/mol. The number of benzene rings is 1. The van der Waals surface area contributed by atoms with E-state index in [0.29, 0.717) is 36.9 Å². The molecule has 1 aromatic rings. The van der Waals surface area contributed by atoms with Gasteiger partial charge < -0.3 is 15.8 Å². The highest BCUT2D eigenvalue weighted by atomic mass is 16.5. The van der Waals surface area contributed by atoms with Gasteiger partial charge in [-0.3, -0.25) is 4.79 Å². The quantitative estimate of drug-likeness (QED) is 0.480. The lowest BCUT2D eigenvalue weighted by molar-refractivity contribution is -0.122. The number of hydrogen-bond donors (Lipinski definition) is 2. The lowest BCUT2D eigenvalue weighted by Crippen LogP contribution is -2.29. The Labute approximate surface area is 127 Å². The number of hydrogen-bond acceptors (Lipinski definition) is 3. The average Bonchev–Trinajstić information content (AvgIpc) is 2.74. The summed E-state index contributed by atoms with van der Waals surface area (Å²) in [6, 6.07) is 7.40. The third-order valence-corrected chi connectivity index (χ3v) is 4.05. The zero-order valence-corrected chi connectivity index (χ0v) is 12.6. The molecule has 21 heavy (non-hydrogen) atoms. The van der Waals surface area contributed by atoms with Gasteiger partial charge in [-0.1, -0.05) is 37.8 Å². The second-order valence-electron chi connectivity index (χ2n) is 5.80. The molecule has 0 spiro atoms. The number of anilines is 1. The second-order valence-corrected chi connectivity index (χ2v) is 5.80. The first-order valence-corrected chi connectivity index (χ1v) is 7.99. The Morgan fingerprint density at radius 2 is 1.90 bits per heavy atom. The van der Waals surface area contributed by atoms with Gasteiger partial charge in [0.15, 0.2) is 0 Å². The Morgan fingerprint density at radius 1 is 1.19 bits per heavy atom. The van der Waals surface area contributed by atoms with E-state index in [2.05, 4.69) is 5.32 Å². The number of nitrogens with one attached hydrogen (secondary N) is 1. The normalized spacial score (nSPS) is 16.2. The molecule has 1 amide bonds. The van der Waals surface area contributed by atoms with Crippen LogP contribution in [0, 0.1) is 5.92 Å². The molecule has 1 aliphatic rings. The molecule has 116 valence electrons. The summed E-state index contributed by atoms with van der Waals surface area (Å²) >= 11 is 0. The molecule has 0 heterocycles. The van der Waals surface area contributed by atoms with Crippen LogP contribution in [0.2, 0.25) is 0 Å². The Morgan fingerprint density at radius 3 is 2.62 bits per heavy atom. The van der Waals surface area contributed by atoms with Crippen LogP contribution in [0.4, 0.5) is 5.69 Å². The monoisotopic (exact) mass is 290 g/mol. The minimum absolute atomic E-state index is 0.145. The van der Waals surface area contributed by atoms with Crippen molar-refractivity contribution in [1.82, 2.24) is 5.32 Å². The number of nitrogens with two attached hydrogens (primary N) is 1. The molecule has 1 aliphatic carbocycles. The van der Waals surface area contributed by atoms with Crippen LogP contribution in [0.15, 0.2) is 24.3 Å². The minimum Gasteiger partial charge on any atom is -0.490 e. The predicted molar refractivity (Wildman–Crippen MR) is 85.2 cm³/mol. The van der Waals surface area contributed by atoms with Crippen molar-refractivity contribution < 1.29 is 9.53 Å². The van der Waals surface area contributed by atoms with E-state index in [-0.39, 0.29) is 5.91 Å². The molecule has 0 unspecified atom stereocenters. The van der Waals surface area contributed by atoms with Gasteiger partial charge in [0.2, 0.25) is 5.91 Å². The van der Waals surface area contributed by atoms with Crippen molar-refractivity contribution in [3.05, 3.63) is 24.3 Å². The molecule has 1 fully saturated rings. The first kappa shape index (κ1) is 15.7. The third-order valence-electron chi connectivity index (χ3n) is 4.05. The first-order valence-electron chi connectivity index (χ1n) is 7.99. The van der Waals surface area contributed by atoms with Gasteiger partial charge in [0.1, 0.15) is 12.4 Å². The zero-order chi connectivity index (χ0) is 14.9. The van der Waals surface area contributed by atoms with E-state index in [4.69, 9.17) is 10.5 Å². The minimum atomic E-state index is 0.145. The van der Waals surface area contributed by atoms with Gasteiger partial charge in [-0.2, -0.15) is 0 Å². The molecule has 0 saturated heterocycles. The van der Waals surface area contributed by atoms with Gasteiger partial charge in [-0.25, -0.2) is 0 Å². The van der Waals surface area contributed by atoms with Crippen LogP contribution in [0.3, 0.4) is 0 Å². The van der Waals surface area contributed by atoms with E-state index in [1.165, 1.54) is 38.5 Å². The maximum absolute atomic E-state index is 11.9. The molecule has 0 bridgehead atoms. The number of ether oxygens (including phenoxy) is 1. The summed E-state index contributed by atoms with van der Waals surface area (Å²) in [5.41, 5.74) is 6.42. The number of rotatable bonds is 6. The molecule has 1 aromatic carbocycles. The maximum atomic E-state index is 11.9. The standard InChI is InChI=1S/C17H26N2O2/c18-15-9-5-6-10-16(15)21-12-11-19-17(20)13-14-7-3-1-2-4-8-14/h5-6,9-10,14H,1-4,7-8,11-13,18H2,(H,19,20). The van der Waals surface area contributed by atoms with Gasteiger partial charge >= 0.3 is 0 Å². The van der Waals surface area contributed by atoms with Gasteiger partial charge in [0, 0.05) is 6.42 Å². The SMILES string of the molecule is Nc1ccccc1OCCNC(=O)CC1CCCCCC1. The van der Waals surface area contributed by atoms with E-state index in [0.717, 1.165) is 0 Å². The van der Waals surface area contributed by atoms with Crippen LogP contribution >= 0.6 is 0 Å². The summed E-state index contributed by atoms with van der Waals surface area (Å²) in [6.45, 7) is 0.977. The Bertz CT molecular complexity index is 440. The fraction of sp³-hybridized carbons (Fsp3) is 0.588. The highest BCUT2D eigenvalue weighted by Crippen LogP contribution is 2.25. The van der Waals surface area contributed by atoms with Crippen molar-refractivity contribution >= 4 is 11.6 Å². The van der Waals surface area contributed by atoms with Crippen molar-refractivity contribution in [2.75, 3.05) is 18.9 Å². The molecule has 4 nitrogen and oxygen atoms in total. The topological polar surface area (TPSA) is 64.3 Å². The molecule has 0 radical (unpaired) electrons. The maximum Gasteiger partial charge on any atom is 0.220 e. The largest absolute Gasteiger partial charge is 0.490 e. The van der Waals surface area contributed by atoms with Crippen LogP contribution in [0.5, 0.6) is 5.75 Å². The van der Waals surface area contributed by atoms with Crippen molar-refractivity contribution in [3.63, 3.8) is 0 Å². The number of amides is 1. The Hall–Kier alpha value is -1.71. The molecule has 3 N–H and O–H groups in total. The fourth-order valence-electron chi connectivity index (χ4n) is 2.87. The number of para-hydroxylation sites is 2. The van der Waals surface area contributed by atoms with E-state index in [9.17, 15) is 4.79 Å². The van der Waals surface area contributed by atoms with Gasteiger partial charge in [0.25, 0.3) is 0 Å². The fourth-order valence-corrected chi connectivity index (χ4v) is 2.87. The molecule has 0 atom stereocenters. The zero-order valence-electron chi connectivity index (χ0n) is 12.6. The molecular formula is C17H26N2O2. The van der Waals surface area contributed by atoms with Gasteiger partial charge in [0.05, 0.1) is 12.2 Å². The summed E-state index contributed by atoms with van der Waals surface area (Å²) in [7, 11) is 0. The number of carbonyl (C=O) groups excluding carboxylic acids is 1. The third kappa shape index (κ3) is 5.66. The smallest absolute Gasteiger partial charge is 0.220 e. The summed E-state index contributed by atoms with van der Waals surface area (Å²) in [5, 5.41) is 2.94. The summed E-state index contributed by atoms with van der Waals surface area (Å²) in [5.74, 6) is 1.39. The summed E-state index contributed by atoms with van der Waals surface area (Å²) in [6.07, 6.45) is 8.25. The van der Waals surface area contributed by atoms with E-state index >= 15 is 0 Å². The van der Waals surface area contributed by atoms with Crippen LogP contribution in [-0.4, -0.2) is 19.1 Å². The molecule has 1 saturated carbocycles. The van der Waals surface area contributed by atoms with Crippen molar-refractivity contribution in [3.8, 4) is 5.75 Å². The molecule has 4 heteroatoms. The number of carbonyl (C=O) groups is 1. The van der Waals surface area contributed by atoms with E-state index in [1.54, 1.807) is 6.07 Å². The summed E-state index contributed by atoms with van der Waals surface area (Å²) in [4.78, 5) is 11.9. The van der Waals surface area contributed by atoms with Gasteiger partial charge in [-0.05, 0) is 30.9 Å². The lowest BCUT2D eigenvalue weighted by Gasteiger charge is -2.14. The van der Waals surface area contributed by atoms with Gasteiger partial charge in [-0.15, -0.1) is 0 Å². The molecule has 0 aromatic heterocycles. The van der Waals surface area contributed by atoms with Crippen LogP contribution in [0.1, 0.15) is 44.9 Å². The number of nitrogen functional groups attached to an aromatic ring is 1. The Balaban J connectivity index is 1.62. The second kappa shape index (κ2) is 8.55. The lowest BCUT2D eigenvalue weighted by atomic mass is 9.96. The van der Waals surface area contributed by atoms with E-state index in [1.807, 2.05) is 18.2 Å². The first-order chi connectivity index (χ1) is 10.3. The highest BCUT2D eigenvalue weighted by Gasteiger charge is 2.15.